The number of tetrazole rings is 1. The Morgan fingerprint density at radius 3 is 2.70 bits per heavy atom. The van der Waals surface area contributed by atoms with Gasteiger partial charge in [-0.3, -0.25) is 19.7 Å². The van der Waals surface area contributed by atoms with Gasteiger partial charge in [0.15, 0.2) is 5.82 Å². The van der Waals surface area contributed by atoms with Crippen molar-refractivity contribution in [1.82, 2.24) is 40.4 Å². The van der Waals surface area contributed by atoms with Gasteiger partial charge in [-0.05, 0) is 22.9 Å². The fourth-order valence-corrected chi connectivity index (χ4v) is 3.41. The Labute approximate surface area is 174 Å². The second-order valence-corrected chi connectivity index (χ2v) is 7.08. The number of morpholine rings is 1. The number of carbonyl (C=O) groups is 1. The Hall–Kier alpha value is -3.24. The Kier molecular flexibility index (Phi) is 6.35. The highest BCUT2D eigenvalue weighted by Crippen LogP contribution is 2.27. The summed E-state index contributed by atoms with van der Waals surface area (Å²) in [5.74, 6) is 0.438. The van der Waals surface area contributed by atoms with E-state index in [0.29, 0.717) is 31.3 Å². The molecule has 1 fully saturated rings. The lowest BCUT2D eigenvalue weighted by molar-refractivity contribution is -0.122. The molecule has 1 N–H and O–H groups in total. The van der Waals surface area contributed by atoms with Crippen molar-refractivity contribution in [2.24, 2.45) is 0 Å². The molecule has 0 radical (unpaired) electrons. The van der Waals surface area contributed by atoms with Crippen LogP contribution in [0.4, 0.5) is 0 Å². The van der Waals surface area contributed by atoms with E-state index >= 15 is 0 Å². The van der Waals surface area contributed by atoms with Crippen molar-refractivity contribution in [1.29, 1.82) is 0 Å². The first-order valence-corrected chi connectivity index (χ1v) is 9.88. The van der Waals surface area contributed by atoms with Crippen LogP contribution in [0.3, 0.4) is 0 Å². The molecule has 10 nitrogen and oxygen atoms in total. The van der Waals surface area contributed by atoms with Gasteiger partial charge < -0.3 is 10.1 Å². The number of aryl methyl sites for hydroxylation is 1. The van der Waals surface area contributed by atoms with Crippen molar-refractivity contribution in [3.63, 3.8) is 0 Å². The van der Waals surface area contributed by atoms with Crippen molar-refractivity contribution in [3.05, 3.63) is 65.5 Å². The van der Waals surface area contributed by atoms with Gasteiger partial charge >= 0.3 is 0 Å². The van der Waals surface area contributed by atoms with Crippen molar-refractivity contribution >= 4 is 5.91 Å². The van der Waals surface area contributed by atoms with Crippen LogP contribution in [0.2, 0.25) is 0 Å². The van der Waals surface area contributed by atoms with E-state index in [9.17, 15) is 4.79 Å². The normalized spacial score (nSPS) is 15.6. The monoisotopic (exact) mass is 408 g/mol. The predicted molar refractivity (Wildman–Crippen MR) is 107 cm³/mol. The first-order valence-electron chi connectivity index (χ1n) is 9.88. The van der Waals surface area contributed by atoms with Gasteiger partial charge in [0, 0.05) is 19.3 Å². The number of rotatable bonds is 7. The zero-order valence-corrected chi connectivity index (χ0v) is 16.8. The average Bonchev–Trinajstić information content (AvgIpc) is 3.22. The number of aromatic nitrogens is 6. The average molecular weight is 408 g/mol. The predicted octanol–water partition coefficient (Wildman–Crippen LogP) is 0.510. The minimum Gasteiger partial charge on any atom is -0.379 e. The zero-order valence-electron chi connectivity index (χ0n) is 16.8. The van der Waals surface area contributed by atoms with Crippen LogP contribution in [0.5, 0.6) is 0 Å². The summed E-state index contributed by atoms with van der Waals surface area (Å²) in [5, 5.41) is 15.0. The summed E-state index contributed by atoms with van der Waals surface area (Å²) in [6.07, 6.45) is 3.33. The highest BCUT2D eigenvalue weighted by molar-refractivity contribution is 5.75. The summed E-state index contributed by atoms with van der Waals surface area (Å²) in [5.41, 5.74) is 2.60. The molecule has 2 aromatic heterocycles. The van der Waals surface area contributed by atoms with Gasteiger partial charge in [-0.25, -0.2) is 4.68 Å². The summed E-state index contributed by atoms with van der Waals surface area (Å²) in [6.45, 7) is 5.04. The van der Waals surface area contributed by atoms with Gasteiger partial charge in [-0.1, -0.05) is 30.3 Å². The van der Waals surface area contributed by atoms with Crippen LogP contribution in [-0.2, 0) is 22.6 Å². The summed E-state index contributed by atoms with van der Waals surface area (Å²) in [7, 11) is 0. The third-order valence-electron chi connectivity index (χ3n) is 4.92. The smallest absolute Gasteiger partial charge is 0.242 e. The van der Waals surface area contributed by atoms with Crippen LogP contribution in [0.1, 0.15) is 28.8 Å². The van der Waals surface area contributed by atoms with E-state index in [1.807, 2.05) is 25.1 Å². The van der Waals surface area contributed by atoms with E-state index in [0.717, 1.165) is 24.3 Å². The Morgan fingerprint density at radius 1 is 1.17 bits per heavy atom. The molecule has 1 aliphatic rings. The van der Waals surface area contributed by atoms with Crippen molar-refractivity contribution < 1.29 is 9.53 Å². The lowest BCUT2D eigenvalue weighted by Crippen LogP contribution is -2.41. The number of nitrogens with zero attached hydrogens (tertiary/aromatic N) is 7. The van der Waals surface area contributed by atoms with Gasteiger partial charge in [-0.2, -0.15) is 0 Å². The number of hydrogen-bond donors (Lipinski definition) is 1. The maximum atomic E-state index is 12.5. The molecule has 10 heteroatoms. The molecule has 1 amide bonds. The fourth-order valence-electron chi connectivity index (χ4n) is 3.41. The fraction of sp³-hybridized carbons (Fsp3) is 0.400. The molecule has 1 aliphatic heterocycles. The third kappa shape index (κ3) is 4.84. The number of benzene rings is 1. The molecule has 0 aliphatic carbocycles. The second-order valence-electron chi connectivity index (χ2n) is 7.08. The highest BCUT2D eigenvalue weighted by Gasteiger charge is 2.29. The van der Waals surface area contributed by atoms with Gasteiger partial charge in [-0.15, -0.1) is 5.10 Å². The molecule has 1 aromatic carbocycles. The van der Waals surface area contributed by atoms with Crippen molar-refractivity contribution in [3.8, 4) is 0 Å². The maximum absolute atomic E-state index is 12.5. The van der Waals surface area contributed by atoms with Crippen LogP contribution < -0.4 is 5.32 Å². The minimum atomic E-state index is -0.195. The molecular weight excluding hydrogens is 384 g/mol. The van der Waals surface area contributed by atoms with E-state index < -0.39 is 0 Å². The maximum Gasteiger partial charge on any atom is 0.242 e. The van der Waals surface area contributed by atoms with Crippen LogP contribution in [0, 0.1) is 6.92 Å². The van der Waals surface area contributed by atoms with Crippen LogP contribution in [-0.4, -0.2) is 67.3 Å². The van der Waals surface area contributed by atoms with Crippen molar-refractivity contribution in [2.75, 3.05) is 26.3 Å². The molecule has 0 bridgehead atoms. The Balaban J connectivity index is 1.49. The molecular formula is C20H24N8O2. The summed E-state index contributed by atoms with van der Waals surface area (Å²) < 4.78 is 7.06. The lowest BCUT2D eigenvalue weighted by atomic mass is 10.0. The quantitative estimate of drug-likeness (QED) is 0.602. The highest BCUT2D eigenvalue weighted by atomic mass is 16.5. The number of hydrogen-bond acceptors (Lipinski definition) is 8. The minimum absolute atomic E-state index is 0.0231. The largest absolute Gasteiger partial charge is 0.379 e. The van der Waals surface area contributed by atoms with Crippen LogP contribution >= 0.6 is 0 Å². The van der Waals surface area contributed by atoms with E-state index in [4.69, 9.17) is 4.74 Å². The van der Waals surface area contributed by atoms with E-state index in [-0.39, 0.29) is 18.5 Å². The number of amides is 1. The summed E-state index contributed by atoms with van der Waals surface area (Å²) in [4.78, 5) is 23.2. The van der Waals surface area contributed by atoms with Crippen LogP contribution in [0.15, 0.2) is 42.7 Å². The van der Waals surface area contributed by atoms with E-state index in [1.54, 1.807) is 17.1 Å². The molecule has 0 unspecified atom stereocenters. The molecule has 1 atom stereocenters. The number of ether oxygens (including phenoxy) is 1. The lowest BCUT2D eigenvalue weighted by Gasteiger charge is -2.33. The first-order chi connectivity index (χ1) is 14.7. The molecule has 3 heterocycles. The van der Waals surface area contributed by atoms with Gasteiger partial charge in [0.25, 0.3) is 0 Å². The number of carbonyl (C=O) groups excluding carboxylic acids is 1. The first kappa shape index (κ1) is 20.0. The van der Waals surface area contributed by atoms with E-state index in [1.165, 1.54) is 0 Å². The third-order valence-corrected chi connectivity index (χ3v) is 4.92. The standard InChI is InChI=1S/C20H24N8O2/c1-15-11-22-17(12-21-15)13-23-18(29)14-28-20(24-25-26-28)19(16-5-3-2-4-6-16)27-7-9-30-10-8-27/h2-6,11-12,19H,7-10,13-14H2,1H3,(H,23,29)/t19-/m1/s1. The van der Waals surface area contributed by atoms with Gasteiger partial charge in [0.1, 0.15) is 6.54 Å². The topological polar surface area (TPSA) is 111 Å². The molecule has 4 rings (SSSR count). The van der Waals surface area contributed by atoms with Gasteiger partial charge in [0.2, 0.25) is 5.91 Å². The molecule has 1 saturated heterocycles. The second kappa shape index (κ2) is 9.51. The van der Waals surface area contributed by atoms with Gasteiger partial charge in [0.05, 0.1) is 43.4 Å². The molecule has 3 aromatic rings. The van der Waals surface area contributed by atoms with Crippen LogP contribution in [0.25, 0.3) is 0 Å². The Morgan fingerprint density at radius 2 is 1.97 bits per heavy atom. The van der Waals surface area contributed by atoms with Crippen molar-refractivity contribution in [2.45, 2.75) is 26.1 Å². The molecule has 0 saturated carbocycles. The summed E-state index contributed by atoms with van der Waals surface area (Å²) >= 11 is 0. The SMILES string of the molecule is Cc1cnc(CNC(=O)Cn2nnnc2[C@@H](c2ccccc2)N2CCOCC2)cn1. The summed E-state index contributed by atoms with van der Waals surface area (Å²) in [6, 6.07) is 9.91. The molecule has 0 spiro atoms. The Bertz CT molecular complexity index is 954. The zero-order chi connectivity index (χ0) is 20.8. The number of nitrogens with one attached hydrogen (secondary N) is 1. The molecule has 156 valence electrons. The van der Waals surface area contributed by atoms with E-state index in [2.05, 4.69) is 47.8 Å². The molecule has 30 heavy (non-hydrogen) atoms.